The van der Waals surface area contributed by atoms with Gasteiger partial charge in [-0.3, -0.25) is 0 Å². The van der Waals surface area contributed by atoms with Crippen LogP contribution in [-0.4, -0.2) is 46.6 Å². The van der Waals surface area contributed by atoms with Gasteiger partial charge in [0.05, 0.1) is 12.7 Å². The highest BCUT2D eigenvalue weighted by molar-refractivity contribution is 4.90. The third-order valence-corrected chi connectivity index (χ3v) is 3.41. The lowest BCUT2D eigenvalue weighted by molar-refractivity contribution is 0.0251. The molecular weight excluding hydrogens is 192 g/mol. The standard InChI is InChI=1S/C11H24N2O2/c1-14-7-10(15-2)6-13-9-11(8-12)4-3-5-11/h10,13H,3-9,12H2,1-2H3. The SMILES string of the molecule is COCC(CNCC1(CN)CCC1)OC. The number of hydrogen-bond acceptors (Lipinski definition) is 4. The smallest absolute Gasteiger partial charge is 0.0928 e. The van der Waals surface area contributed by atoms with Gasteiger partial charge in [-0.25, -0.2) is 0 Å². The molecule has 0 heterocycles. The Hall–Kier alpha value is -0.160. The second kappa shape index (κ2) is 6.43. The van der Waals surface area contributed by atoms with Gasteiger partial charge < -0.3 is 20.5 Å². The first-order valence-electron chi connectivity index (χ1n) is 5.69. The van der Waals surface area contributed by atoms with E-state index >= 15 is 0 Å². The normalized spacial score (nSPS) is 21.0. The number of methoxy groups -OCH3 is 2. The summed E-state index contributed by atoms with van der Waals surface area (Å²) in [5.74, 6) is 0. The van der Waals surface area contributed by atoms with Crippen molar-refractivity contribution in [3.63, 3.8) is 0 Å². The minimum Gasteiger partial charge on any atom is -0.382 e. The Morgan fingerprint density at radius 3 is 2.53 bits per heavy atom. The molecule has 0 radical (unpaired) electrons. The summed E-state index contributed by atoms with van der Waals surface area (Å²) < 4.78 is 10.3. The molecule has 0 aromatic carbocycles. The predicted octanol–water partition coefficient (Wildman–Crippen LogP) is 0.366. The Kier molecular flexibility index (Phi) is 5.53. The molecule has 1 fully saturated rings. The van der Waals surface area contributed by atoms with Crippen molar-refractivity contribution in [1.29, 1.82) is 0 Å². The van der Waals surface area contributed by atoms with Crippen LogP contribution in [0.5, 0.6) is 0 Å². The Morgan fingerprint density at radius 1 is 1.40 bits per heavy atom. The minimum atomic E-state index is 0.143. The van der Waals surface area contributed by atoms with E-state index in [9.17, 15) is 0 Å². The van der Waals surface area contributed by atoms with E-state index in [0.717, 1.165) is 19.6 Å². The summed E-state index contributed by atoms with van der Waals surface area (Å²) in [7, 11) is 3.41. The van der Waals surface area contributed by atoms with Gasteiger partial charge in [0, 0.05) is 27.3 Å². The number of nitrogens with one attached hydrogen (secondary N) is 1. The largest absolute Gasteiger partial charge is 0.382 e. The fraction of sp³-hybridized carbons (Fsp3) is 1.00. The van der Waals surface area contributed by atoms with Gasteiger partial charge in [-0.1, -0.05) is 6.42 Å². The van der Waals surface area contributed by atoms with Gasteiger partial charge in [0.25, 0.3) is 0 Å². The lowest BCUT2D eigenvalue weighted by atomic mass is 9.69. The number of rotatable bonds is 8. The van der Waals surface area contributed by atoms with Crippen molar-refractivity contribution < 1.29 is 9.47 Å². The third kappa shape index (κ3) is 3.72. The second-order valence-electron chi connectivity index (χ2n) is 4.50. The highest BCUT2D eigenvalue weighted by Crippen LogP contribution is 2.38. The van der Waals surface area contributed by atoms with E-state index in [1.54, 1.807) is 14.2 Å². The maximum atomic E-state index is 5.78. The maximum Gasteiger partial charge on any atom is 0.0928 e. The topological polar surface area (TPSA) is 56.5 Å². The van der Waals surface area contributed by atoms with Gasteiger partial charge in [0.1, 0.15) is 0 Å². The lowest BCUT2D eigenvalue weighted by Gasteiger charge is -2.41. The molecule has 1 aliphatic carbocycles. The first-order valence-corrected chi connectivity index (χ1v) is 5.69. The quantitative estimate of drug-likeness (QED) is 0.615. The molecule has 1 rings (SSSR count). The van der Waals surface area contributed by atoms with E-state index in [4.69, 9.17) is 15.2 Å². The summed E-state index contributed by atoms with van der Waals surface area (Å²) in [6, 6.07) is 0. The van der Waals surface area contributed by atoms with E-state index in [2.05, 4.69) is 5.32 Å². The van der Waals surface area contributed by atoms with Crippen molar-refractivity contribution in [2.75, 3.05) is 40.5 Å². The second-order valence-corrected chi connectivity index (χ2v) is 4.50. The van der Waals surface area contributed by atoms with Crippen LogP contribution in [0.25, 0.3) is 0 Å². The average Bonchev–Trinajstić information content (AvgIpc) is 2.20. The minimum absolute atomic E-state index is 0.143. The van der Waals surface area contributed by atoms with Crippen LogP contribution in [0.4, 0.5) is 0 Å². The molecule has 0 aliphatic heterocycles. The van der Waals surface area contributed by atoms with Gasteiger partial charge in [-0.05, 0) is 24.8 Å². The molecule has 4 nitrogen and oxygen atoms in total. The van der Waals surface area contributed by atoms with Gasteiger partial charge >= 0.3 is 0 Å². The van der Waals surface area contributed by atoms with E-state index in [0.29, 0.717) is 12.0 Å². The number of nitrogens with two attached hydrogens (primary N) is 1. The molecule has 0 aromatic heterocycles. The zero-order valence-corrected chi connectivity index (χ0v) is 9.92. The third-order valence-electron chi connectivity index (χ3n) is 3.41. The van der Waals surface area contributed by atoms with Crippen LogP contribution in [0.2, 0.25) is 0 Å². The van der Waals surface area contributed by atoms with Gasteiger partial charge in [0.15, 0.2) is 0 Å². The Labute approximate surface area is 92.5 Å². The van der Waals surface area contributed by atoms with Crippen molar-refractivity contribution in [1.82, 2.24) is 5.32 Å². The van der Waals surface area contributed by atoms with Crippen LogP contribution < -0.4 is 11.1 Å². The van der Waals surface area contributed by atoms with Gasteiger partial charge in [-0.15, -0.1) is 0 Å². The summed E-state index contributed by atoms with van der Waals surface area (Å²) in [4.78, 5) is 0. The zero-order chi connectivity index (χ0) is 11.1. The van der Waals surface area contributed by atoms with Crippen molar-refractivity contribution in [3.8, 4) is 0 Å². The number of ether oxygens (including phenoxy) is 2. The summed E-state index contributed by atoms with van der Waals surface area (Å²) in [5, 5.41) is 3.43. The molecule has 3 N–H and O–H groups in total. The van der Waals surface area contributed by atoms with Crippen LogP contribution in [0, 0.1) is 5.41 Å². The Balaban J connectivity index is 2.13. The van der Waals surface area contributed by atoms with Crippen LogP contribution in [-0.2, 0) is 9.47 Å². The van der Waals surface area contributed by atoms with Gasteiger partial charge in [0.2, 0.25) is 0 Å². The lowest BCUT2D eigenvalue weighted by Crippen LogP contribution is -2.47. The Morgan fingerprint density at radius 2 is 2.13 bits per heavy atom. The molecule has 1 atom stereocenters. The van der Waals surface area contributed by atoms with Crippen molar-refractivity contribution in [2.24, 2.45) is 11.1 Å². The van der Waals surface area contributed by atoms with E-state index in [-0.39, 0.29) is 6.10 Å². The van der Waals surface area contributed by atoms with Crippen LogP contribution in [0.15, 0.2) is 0 Å². The summed E-state index contributed by atoms with van der Waals surface area (Å²) in [6.07, 6.45) is 3.99. The highest BCUT2D eigenvalue weighted by Gasteiger charge is 2.34. The Bertz CT molecular complexity index is 166. The van der Waals surface area contributed by atoms with E-state index in [1.165, 1.54) is 19.3 Å². The molecule has 1 unspecified atom stereocenters. The molecule has 1 saturated carbocycles. The first-order chi connectivity index (χ1) is 7.26. The van der Waals surface area contributed by atoms with Gasteiger partial charge in [-0.2, -0.15) is 0 Å². The fourth-order valence-electron chi connectivity index (χ4n) is 2.02. The molecule has 0 aromatic rings. The van der Waals surface area contributed by atoms with Crippen LogP contribution >= 0.6 is 0 Å². The first kappa shape index (κ1) is 12.9. The molecular formula is C11H24N2O2. The molecule has 4 heteroatoms. The molecule has 0 spiro atoms. The maximum absolute atomic E-state index is 5.78. The predicted molar refractivity (Wildman–Crippen MR) is 60.9 cm³/mol. The molecule has 0 saturated heterocycles. The summed E-state index contributed by atoms with van der Waals surface area (Å²) in [5.41, 5.74) is 6.15. The van der Waals surface area contributed by atoms with E-state index in [1.807, 2.05) is 0 Å². The summed E-state index contributed by atoms with van der Waals surface area (Å²) >= 11 is 0. The average molecular weight is 216 g/mol. The molecule has 90 valence electrons. The highest BCUT2D eigenvalue weighted by atomic mass is 16.5. The van der Waals surface area contributed by atoms with Crippen molar-refractivity contribution in [3.05, 3.63) is 0 Å². The molecule has 15 heavy (non-hydrogen) atoms. The molecule has 0 amide bonds. The summed E-state index contributed by atoms with van der Waals surface area (Å²) in [6.45, 7) is 3.28. The monoisotopic (exact) mass is 216 g/mol. The van der Waals surface area contributed by atoms with Crippen molar-refractivity contribution in [2.45, 2.75) is 25.4 Å². The zero-order valence-electron chi connectivity index (χ0n) is 9.92. The fourth-order valence-corrected chi connectivity index (χ4v) is 2.02. The number of hydrogen-bond donors (Lipinski definition) is 2. The van der Waals surface area contributed by atoms with E-state index < -0.39 is 0 Å². The van der Waals surface area contributed by atoms with Crippen LogP contribution in [0.3, 0.4) is 0 Å². The van der Waals surface area contributed by atoms with Crippen molar-refractivity contribution >= 4 is 0 Å². The molecule has 0 bridgehead atoms. The molecule has 1 aliphatic rings. The van der Waals surface area contributed by atoms with Crippen LogP contribution in [0.1, 0.15) is 19.3 Å².